The summed E-state index contributed by atoms with van der Waals surface area (Å²) in [5, 5.41) is 16.3. The van der Waals surface area contributed by atoms with Gasteiger partial charge in [-0.2, -0.15) is 5.10 Å². The highest BCUT2D eigenvalue weighted by atomic mass is 16.5. The summed E-state index contributed by atoms with van der Waals surface area (Å²) < 4.78 is 18.4. The molecule has 0 bridgehead atoms. The molecule has 0 fully saturated rings. The van der Waals surface area contributed by atoms with E-state index in [9.17, 15) is 9.59 Å². The van der Waals surface area contributed by atoms with Crippen LogP contribution in [0.5, 0.6) is 0 Å². The van der Waals surface area contributed by atoms with Crippen molar-refractivity contribution in [2.45, 2.75) is 25.9 Å². The van der Waals surface area contributed by atoms with Crippen molar-refractivity contribution in [1.82, 2.24) is 39.9 Å². The normalized spacial score (nSPS) is 13.1. The van der Waals surface area contributed by atoms with Crippen LogP contribution in [0.1, 0.15) is 23.1 Å². The lowest BCUT2D eigenvalue weighted by atomic mass is 9.97. The van der Waals surface area contributed by atoms with Gasteiger partial charge in [-0.1, -0.05) is 18.2 Å². The summed E-state index contributed by atoms with van der Waals surface area (Å²) in [7, 11) is 0. The van der Waals surface area contributed by atoms with Gasteiger partial charge in [-0.25, -0.2) is 19.6 Å². The number of rotatable bonds is 17. The summed E-state index contributed by atoms with van der Waals surface area (Å²) in [5.41, 5.74) is 18.1. The molecule has 1 aliphatic rings. The van der Waals surface area contributed by atoms with Gasteiger partial charge in [0, 0.05) is 55.4 Å². The quantitative estimate of drug-likeness (QED) is 0.0537. The Bertz CT molecular complexity index is 2040. The van der Waals surface area contributed by atoms with Crippen LogP contribution in [-0.4, -0.2) is 105 Å². The molecular formula is C35H41N11O5. The highest BCUT2D eigenvalue weighted by Crippen LogP contribution is 2.32. The number of fused-ring (bicyclic) bond motifs is 3. The molecule has 7 N–H and O–H groups in total. The maximum atomic E-state index is 12.9. The van der Waals surface area contributed by atoms with Crippen LogP contribution in [0.15, 0.2) is 60.8 Å². The van der Waals surface area contributed by atoms with Gasteiger partial charge in [-0.3, -0.25) is 9.59 Å². The van der Waals surface area contributed by atoms with Crippen molar-refractivity contribution >= 4 is 45.9 Å². The molecule has 1 aromatic carbocycles. The van der Waals surface area contributed by atoms with E-state index in [-0.39, 0.29) is 11.5 Å². The number of nitrogens with zero attached hydrogens (tertiary/aromatic N) is 6. The van der Waals surface area contributed by atoms with Crippen LogP contribution in [0.25, 0.3) is 33.3 Å². The molecule has 16 nitrogen and oxygen atoms in total. The Hall–Kier alpha value is -5.71. The lowest BCUT2D eigenvalue weighted by molar-refractivity contribution is -0.133. The van der Waals surface area contributed by atoms with Gasteiger partial charge in [-0.05, 0) is 35.2 Å². The molecule has 0 aliphatic carbocycles. The van der Waals surface area contributed by atoms with Crippen molar-refractivity contribution in [2.75, 3.05) is 58.5 Å². The number of anilines is 1. The third kappa shape index (κ3) is 8.54. The lowest BCUT2D eigenvalue weighted by Crippen LogP contribution is -2.36. The number of hydrogen-bond acceptors (Lipinski definition) is 12. The number of aromatic nitrogens is 6. The summed E-state index contributed by atoms with van der Waals surface area (Å²) in [6, 6.07) is 10.3. The van der Waals surface area contributed by atoms with E-state index >= 15 is 0 Å². The molecule has 0 saturated heterocycles. The second-order valence-electron chi connectivity index (χ2n) is 11.9. The monoisotopic (exact) mass is 695 g/mol. The highest BCUT2D eigenvalue weighted by Gasteiger charge is 2.22. The van der Waals surface area contributed by atoms with Gasteiger partial charge in [0.15, 0.2) is 5.65 Å². The Morgan fingerprint density at radius 1 is 1.00 bits per heavy atom. The Kier molecular flexibility index (Phi) is 11.6. The Morgan fingerprint density at radius 3 is 2.61 bits per heavy atom. The number of ether oxygens (including phenoxy) is 3. The summed E-state index contributed by atoms with van der Waals surface area (Å²) in [6.07, 6.45) is 8.12. The number of H-pyrrole nitrogens is 1. The van der Waals surface area contributed by atoms with Crippen LogP contribution in [0, 0.1) is 5.41 Å². The smallest absolute Gasteiger partial charge is 0.254 e. The van der Waals surface area contributed by atoms with E-state index in [4.69, 9.17) is 36.2 Å². The van der Waals surface area contributed by atoms with Gasteiger partial charge in [0.1, 0.15) is 23.5 Å². The summed E-state index contributed by atoms with van der Waals surface area (Å²) in [6.45, 7) is 4.13. The van der Waals surface area contributed by atoms with Gasteiger partial charge in [0.05, 0.1) is 63.6 Å². The Morgan fingerprint density at radius 2 is 1.80 bits per heavy atom. The molecule has 51 heavy (non-hydrogen) atoms. The maximum absolute atomic E-state index is 12.9. The van der Waals surface area contributed by atoms with E-state index in [1.807, 2.05) is 27.9 Å². The van der Waals surface area contributed by atoms with Gasteiger partial charge in [0.25, 0.3) is 5.91 Å². The first-order valence-corrected chi connectivity index (χ1v) is 16.7. The van der Waals surface area contributed by atoms with E-state index in [1.165, 1.54) is 11.9 Å². The molecule has 2 amide bonds. The average Bonchev–Trinajstić information content (AvgIpc) is 3.77. The predicted octanol–water partition coefficient (Wildman–Crippen LogP) is 1.93. The van der Waals surface area contributed by atoms with Gasteiger partial charge >= 0.3 is 0 Å². The number of nitrogens with one attached hydrogen (secondary N) is 3. The zero-order valence-electron chi connectivity index (χ0n) is 28.1. The fourth-order valence-corrected chi connectivity index (χ4v) is 5.89. The highest BCUT2D eigenvalue weighted by molar-refractivity contribution is 6.11. The second kappa shape index (κ2) is 16.8. The minimum absolute atomic E-state index is 0.0564. The van der Waals surface area contributed by atoms with Crippen LogP contribution < -0.4 is 16.8 Å². The van der Waals surface area contributed by atoms with Crippen molar-refractivity contribution in [3.05, 3.63) is 77.5 Å². The first-order valence-electron chi connectivity index (χ1n) is 16.7. The lowest BCUT2D eigenvalue weighted by Gasteiger charge is -2.29. The molecule has 1 aliphatic heterocycles. The molecule has 0 spiro atoms. The average molecular weight is 696 g/mol. The third-order valence-electron chi connectivity index (χ3n) is 8.53. The van der Waals surface area contributed by atoms with E-state index in [0.29, 0.717) is 94.8 Å². The van der Waals surface area contributed by atoms with Crippen LogP contribution in [-0.2, 0) is 43.3 Å². The molecular weight excluding hydrogens is 654 g/mol. The van der Waals surface area contributed by atoms with Crippen molar-refractivity contribution in [1.29, 1.82) is 5.41 Å². The van der Waals surface area contributed by atoms with Crippen LogP contribution in [0.3, 0.4) is 0 Å². The number of aromatic amines is 1. The fraction of sp³-hybridized carbons (Fsp3) is 0.343. The van der Waals surface area contributed by atoms with Crippen molar-refractivity contribution < 1.29 is 23.8 Å². The molecule has 0 radical (unpaired) electrons. The molecule has 0 atom stereocenters. The van der Waals surface area contributed by atoms with Gasteiger partial charge < -0.3 is 46.3 Å². The van der Waals surface area contributed by atoms with Crippen molar-refractivity contribution in [3.8, 4) is 11.3 Å². The topological polar surface area (TPSA) is 225 Å². The first-order chi connectivity index (χ1) is 24.9. The molecule has 5 aromatic rings. The second-order valence-corrected chi connectivity index (χ2v) is 11.9. The largest absolute Gasteiger partial charge is 0.404 e. The number of nitrogens with two attached hydrogens (primary N) is 2. The zero-order chi connectivity index (χ0) is 35.6. The fourth-order valence-electron chi connectivity index (χ4n) is 5.89. The molecule has 266 valence electrons. The maximum Gasteiger partial charge on any atom is 0.254 e. The number of hydrogen-bond donors (Lipinski definition) is 5. The summed E-state index contributed by atoms with van der Waals surface area (Å²) >= 11 is 0. The number of amides is 2. The van der Waals surface area contributed by atoms with Crippen molar-refractivity contribution in [2.24, 2.45) is 5.73 Å². The SMILES string of the molecule is N=CC(=CN)C(=O)NCCOCCOCCOCCC(=O)N1CCc2cc(Cn3nc(-c4cnc5[nH]ccc5c4)c4c(N)ncnc43)ccc2C1. The first kappa shape index (κ1) is 35.1. The molecule has 16 heteroatoms. The minimum Gasteiger partial charge on any atom is -0.404 e. The number of carbonyl (C=O) groups is 2. The Balaban J connectivity index is 0.926. The molecule has 5 heterocycles. The Labute approximate surface area is 293 Å². The molecule has 4 aromatic heterocycles. The van der Waals surface area contributed by atoms with Gasteiger partial charge in [0.2, 0.25) is 5.91 Å². The number of nitrogen functional groups attached to an aromatic ring is 1. The molecule has 0 saturated carbocycles. The van der Waals surface area contributed by atoms with Crippen LogP contribution in [0.4, 0.5) is 5.82 Å². The minimum atomic E-state index is -0.419. The zero-order valence-corrected chi connectivity index (χ0v) is 28.1. The van der Waals surface area contributed by atoms with E-state index in [1.54, 1.807) is 6.20 Å². The van der Waals surface area contributed by atoms with Crippen molar-refractivity contribution in [3.63, 3.8) is 0 Å². The van der Waals surface area contributed by atoms with Crippen LogP contribution >= 0.6 is 0 Å². The molecule has 0 unspecified atom stereocenters. The molecule has 6 rings (SSSR count). The van der Waals surface area contributed by atoms with E-state index in [0.717, 1.165) is 46.6 Å². The number of carbonyl (C=O) groups excluding carboxylic acids is 2. The standard InChI is InChI=1S/C35H41N11O5/c36-17-28(18-37)35(48)40-7-10-50-12-14-51-13-11-49-9-5-29(47)45-8-4-24-15-23(1-2-26(24)21-45)20-46-34-30(32(38)42-22-43-34)31(44-46)27-16-25-3-6-39-33(25)41-19-27/h1-3,6,15-19,22,36H,4-5,7-14,20-21,37H2,(H,39,41)(H,40,48)(H2,38,42,43). The van der Waals surface area contributed by atoms with E-state index < -0.39 is 5.91 Å². The van der Waals surface area contributed by atoms with E-state index in [2.05, 4.69) is 43.5 Å². The predicted molar refractivity (Wildman–Crippen MR) is 191 cm³/mol. The summed E-state index contributed by atoms with van der Waals surface area (Å²) in [5.74, 6) is 0.00181. The number of benzene rings is 1. The third-order valence-corrected chi connectivity index (χ3v) is 8.53. The number of pyridine rings is 1. The van der Waals surface area contributed by atoms with Gasteiger partial charge in [-0.15, -0.1) is 0 Å². The summed E-state index contributed by atoms with van der Waals surface area (Å²) in [4.78, 5) is 42.9. The van der Waals surface area contributed by atoms with Crippen LogP contribution in [0.2, 0.25) is 0 Å².